The number of nitrogens with two attached hydrogens (primary N) is 1. The fourth-order valence-corrected chi connectivity index (χ4v) is 2.55. The summed E-state index contributed by atoms with van der Waals surface area (Å²) >= 11 is 0. The number of hydrogen-bond acceptors (Lipinski definition) is 4. The Bertz CT molecular complexity index is 905. The van der Waals surface area contributed by atoms with Gasteiger partial charge in [0.15, 0.2) is 0 Å². The van der Waals surface area contributed by atoms with Gasteiger partial charge in [-0.2, -0.15) is 0 Å². The van der Waals surface area contributed by atoms with E-state index in [-0.39, 0.29) is 5.91 Å². The van der Waals surface area contributed by atoms with Gasteiger partial charge in [-0.3, -0.25) is 14.8 Å². The fourth-order valence-electron chi connectivity index (χ4n) is 2.55. The average Bonchev–Trinajstić information content (AvgIpc) is 2.63. The third-order valence-electron chi connectivity index (χ3n) is 3.85. The standard InChI is InChI=1S/C19H18N4O/c1-12-3-4-15(20)11-16(12)13-5-7-22-17(9-13)14-6-8-23-18(10-14)19(24)21-2/h3-11H,20H2,1-2H3,(H,21,24). The molecule has 2 aromatic heterocycles. The zero-order valence-electron chi connectivity index (χ0n) is 13.6. The van der Waals surface area contributed by atoms with Crippen LogP contribution in [0.5, 0.6) is 0 Å². The van der Waals surface area contributed by atoms with Gasteiger partial charge in [0.2, 0.25) is 0 Å². The molecule has 5 nitrogen and oxygen atoms in total. The third kappa shape index (κ3) is 3.10. The number of nitrogen functional groups attached to an aromatic ring is 1. The van der Waals surface area contributed by atoms with Crippen LogP contribution in [0.4, 0.5) is 5.69 Å². The summed E-state index contributed by atoms with van der Waals surface area (Å²) in [7, 11) is 1.58. The van der Waals surface area contributed by atoms with Crippen molar-refractivity contribution in [3.05, 3.63) is 66.1 Å². The highest BCUT2D eigenvalue weighted by Gasteiger charge is 2.09. The van der Waals surface area contributed by atoms with E-state index >= 15 is 0 Å². The molecule has 0 bridgehead atoms. The summed E-state index contributed by atoms with van der Waals surface area (Å²) in [5.41, 5.74) is 11.9. The Morgan fingerprint density at radius 3 is 2.54 bits per heavy atom. The van der Waals surface area contributed by atoms with Gasteiger partial charge in [-0.25, -0.2) is 0 Å². The van der Waals surface area contributed by atoms with Gasteiger partial charge in [-0.15, -0.1) is 0 Å². The van der Waals surface area contributed by atoms with Gasteiger partial charge < -0.3 is 11.1 Å². The number of nitrogens with zero attached hydrogens (tertiary/aromatic N) is 2. The summed E-state index contributed by atoms with van der Waals surface area (Å²) in [6.45, 7) is 2.05. The first kappa shape index (κ1) is 15.7. The predicted molar refractivity (Wildman–Crippen MR) is 95.4 cm³/mol. The zero-order valence-corrected chi connectivity index (χ0v) is 13.6. The van der Waals surface area contributed by atoms with E-state index in [1.165, 1.54) is 0 Å². The van der Waals surface area contributed by atoms with Crippen molar-refractivity contribution in [2.24, 2.45) is 0 Å². The molecule has 5 heteroatoms. The topological polar surface area (TPSA) is 80.9 Å². The number of benzene rings is 1. The van der Waals surface area contributed by atoms with Crippen molar-refractivity contribution >= 4 is 11.6 Å². The molecule has 0 saturated heterocycles. The van der Waals surface area contributed by atoms with E-state index in [1.807, 2.05) is 43.3 Å². The number of rotatable bonds is 3. The van der Waals surface area contributed by atoms with Crippen LogP contribution in [0.15, 0.2) is 54.9 Å². The number of aromatic nitrogens is 2. The van der Waals surface area contributed by atoms with E-state index in [2.05, 4.69) is 15.3 Å². The number of hydrogen-bond donors (Lipinski definition) is 2. The minimum atomic E-state index is -0.223. The van der Waals surface area contributed by atoms with Crippen LogP contribution in [-0.4, -0.2) is 22.9 Å². The quantitative estimate of drug-likeness (QED) is 0.727. The van der Waals surface area contributed by atoms with Gasteiger partial charge in [0.25, 0.3) is 5.91 Å². The molecule has 3 rings (SSSR count). The van der Waals surface area contributed by atoms with Gasteiger partial charge in [-0.1, -0.05) is 6.07 Å². The second-order valence-corrected chi connectivity index (χ2v) is 5.51. The van der Waals surface area contributed by atoms with Crippen LogP contribution in [-0.2, 0) is 0 Å². The largest absolute Gasteiger partial charge is 0.399 e. The lowest BCUT2D eigenvalue weighted by atomic mass is 9.99. The fraction of sp³-hybridized carbons (Fsp3) is 0.105. The number of aryl methyl sites for hydroxylation is 1. The van der Waals surface area contributed by atoms with Gasteiger partial charge >= 0.3 is 0 Å². The predicted octanol–water partition coefficient (Wildman–Crippen LogP) is 3.06. The molecule has 0 spiro atoms. The van der Waals surface area contributed by atoms with E-state index in [4.69, 9.17) is 5.73 Å². The molecule has 3 aromatic rings. The second-order valence-electron chi connectivity index (χ2n) is 5.51. The summed E-state index contributed by atoms with van der Waals surface area (Å²) in [6, 6.07) is 13.4. The molecule has 0 atom stereocenters. The maximum Gasteiger partial charge on any atom is 0.269 e. The van der Waals surface area contributed by atoms with Crippen LogP contribution in [0.25, 0.3) is 22.4 Å². The Morgan fingerprint density at radius 1 is 1.00 bits per heavy atom. The van der Waals surface area contributed by atoms with Crippen LogP contribution in [0.3, 0.4) is 0 Å². The molecule has 0 aliphatic carbocycles. The summed E-state index contributed by atoms with van der Waals surface area (Å²) < 4.78 is 0. The van der Waals surface area contributed by atoms with Crippen LogP contribution >= 0.6 is 0 Å². The number of carbonyl (C=O) groups is 1. The highest BCUT2D eigenvalue weighted by molar-refractivity contribution is 5.93. The summed E-state index contributed by atoms with van der Waals surface area (Å²) in [4.78, 5) is 20.3. The van der Waals surface area contributed by atoms with Gasteiger partial charge in [0.1, 0.15) is 5.69 Å². The van der Waals surface area contributed by atoms with E-state index in [0.717, 1.165) is 33.6 Å². The van der Waals surface area contributed by atoms with E-state index in [1.54, 1.807) is 25.5 Å². The molecule has 1 aromatic carbocycles. The number of amides is 1. The maximum atomic E-state index is 11.8. The number of pyridine rings is 2. The molecular weight excluding hydrogens is 300 g/mol. The first-order valence-corrected chi connectivity index (χ1v) is 7.59. The Morgan fingerprint density at radius 2 is 1.75 bits per heavy atom. The SMILES string of the molecule is CNC(=O)c1cc(-c2cc(-c3cc(N)ccc3C)ccn2)ccn1. The summed E-state index contributed by atoms with van der Waals surface area (Å²) in [6.07, 6.45) is 3.37. The van der Waals surface area contributed by atoms with E-state index in [0.29, 0.717) is 5.69 Å². The zero-order chi connectivity index (χ0) is 17.1. The Kier molecular flexibility index (Phi) is 4.24. The lowest BCUT2D eigenvalue weighted by Gasteiger charge is -2.09. The van der Waals surface area contributed by atoms with Crippen molar-refractivity contribution in [2.45, 2.75) is 6.92 Å². The first-order chi connectivity index (χ1) is 11.6. The lowest BCUT2D eigenvalue weighted by Crippen LogP contribution is -2.19. The minimum Gasteiger partial charge on any atom is -0.399 e. The molecule has 2 heterocycles. The Hall–Kier alpha value is -3.21. The maximum absolute atomic E-state index is 11.8. The lowest BCUT2D eigenvalue weighted by molar-refractivity contribution is 0.0958. The second kappa shape index (κ2) is 6.50. The monoisotopic (exact) mass is 318 g/mol. The molecule has 0 aliphatic rings. The average molecular weight is 318 g/mol. The first-order valence-electron chi connectivity index (χ1n) is 7.59. The Balaban J connectivity index is 2.05. The smallest absolute Gasteiger partial charge is 0.269 e. The summed E-state index contributed by atoms with van der Waals surface area (Å²) in [5.74, 6) is -0.223. The molecule has 120 valence electrons. The molecule has 0 saturated carbocycles. The van der Waals surface area contributed by atoms with Crippen molar-refractivity contribution in [2.75, 3.05) is 12.8 Å². The normalized spacial score (nSPS) is 10.4. The molecule has 0 fully saturated rings. The van der Waals surface area contributed by atoms with Crippen molar-refractivity contribution < 1.29 is 4.79 Å². The van der Waals surface area contributed by atoms with Crippen molar-refractivity contribution in [1.82, 2.24) is 15.3 Å². The molecule has 3 N–H and O–H groups in total. The summed E-state index contributed by atoms with van der Waals surface area (Å²) in [5, 5.41) is 2.58. The number of anilines is 1. The highest BCUT2D eigenvalue weighted by atomic mass is 16.1. The molecule has 1 amide bonds. The van der Waals surface area contributed by atoms with Crippen molar-refractivity contribution in [3.63, 3.8) is 0 Å². The van der Waals surface area contributed by atoms with Crippen molar-refractivity contribution in [3.8, 4) is 22.4 Å². The van der Waals surface area contributed by atoms with Crippen LogP contribution in [0, 0.1) is 6.92 Å². The van der Waals surface area contributed by atoms with E-state index < -0.39 is 0 Å². The molecular formula is C19H18N4O. The number of carbonyl (C=O) groups excluding carboxylic acids is 1. The number of nitrogens with one attached hydrogen (secondary N) is 1. The van der Waals surface area contributed by atoms with Crippen LogP contribution < -0.4 is 11.1 Å². The highest BCUT2D eigenvalue weighted by Crippen LogP contribution is 2.28. The van der Waals surface area contributed by atoms with Crippen molar-refractivity contribution in [1.29, 1.82) is 0 Å². The minimum absolute atomic E-state index is 0.223. The third-order valence-corrected chi connectivity index (χ3v) is 3.85. The molecule has 0 aliphatic heterocycles. The van der Waals surface area contributed by atoms with Gasteiger partial charge in [-0.05, 0) is 60.0 Å². The van der Waals surface area contributed by atoms with Gasteiger partial charge in [0.05, 0.1) is 5.69 Å². The Labute approximate surface area is 140 Å². The van der Waals surface area contributed by atoms with Gasteiger partial charge in [0, 0.05) is 30.7 Å². The van der Waals surface area contributed by atoms with Crippen LogP contribution in [0.1, 0.15) is 16.1 Å². The molecule has 0 radical (unpaired) electrons. The van der Waals surface area contributed by atoms with E-state index in [9.17, 15) is 4.79 Å². The molecule has 0 unspecified atom stereocenters. The molecule has 24 heavy (non-hydrogen) atoms. The van der Waals surface area contributed by atoms with Crippen LogP contribution in [0.2, 0.25) is 0 Å².